The fraction of sp³-hybridized carbons (Fsp3) is 0.161. The third kappa shape index (κ3) is 4.54. The van der Waals surface area contributed by atoms with Crippen LogP contribution in [0.4, 0.5) is 0 Å². The number of hydrogen-bond donors (Lipinski definition) is 2. The molecule has 0 saturated carbocycles. The summed E-state index contributed by atoms with van der Waals surface area (Å²) < 4.78 is 11.1. The molecule has 0 aliphatic rings. The number of methoxy groups -OCH3 is 2. The highest BCUT2D eigenvalue weighted by Crippen LogP contribution is 2.50. The first-order valence-corrected chi connectivity index (χ1v) is 11.7. The number of ketones is 2. The van der Waals surface area contributed by atoms with Crippen molar-refractivity contribution in [1.82, 2.24) is 0 Å². The highest BCUT2D eigenvalue weighted by molar-refractivity contribution is 6.12. The van der Waals surface area contributed by atoms with Crippen molar-refractivity contribution in [1.29, 1.82) is 0 Å². The Hall–Kier alpha value is -4.58. The smallest absolute Gasteiger partial charge is 0.196 e. The average molecular weight is 497 g/mol. The van der Waals surface area contributed by atoms with E-state index in [4.69, 9.17) is 9.47 Å². The standard InChI is InChI=1S/C31H28O6/c1-31(2,25-23(36-3)17-15-21(29(25)34)27(32)19-11-7-5-8-12-19)26-24(37-4)18-16-22(30(26)35)28(33)20-13-9-6-10-14-20/h5-18,34-35H,1-4H3. The monoisotopic (exact) mass is 496 g/mol. The van der Waals surface area contributed by atoms with Gasteiger partial charge in [0.1, 0.15) is 23.0 Å². The van der Waals surface area contributed by atoms with Crippen molar-refractivity contribution in [3.63, 3.8) is 0 Å². The number of carbonyl (C=O) groups excluding carboxylic acids is 2. The Labute approximate surface area is 215 Å². The third-order valence-corrected chi connectivity index (χ3v) is 6.53. The zero-order chi connectivity index (χ0) is 26.7. The number of carbonyl (C=O) groups is 2. The van der Waals surface area contributed by atoms with Gasteiger partial charge in [0.25, 0.3) is 0 Å². The fourth-order valence-electron chi connectivity index (χ4n) is 4.68. The molecule has 4 rings (SSSR count). The molecule has 0 heterocycles. The molecular formula is C31H28O6. The molecule has 0 aliphatic heterocycles. The van der Waals surface area contributed by atoms with Gasteiger partial charge in [-0.2, -0.15) is 0 Å². The lowest BCUT2D eigenvalue weighted by molar-refractivity contribution is 0.102. The van der Waals surface area contributed by atoms with Crippen LogP contribution in [0.2, 0.25) is 0 Å². The Morgan fingerprint density at radius 1 is 0.595 bits per heavy atom. The number of hydrogen-bond acceptors (Lipinski definition) is 6. The summed E-state index contributed by atoms with van der Waals surface area (Å²) in [5, 5.41) is 22.9. The first-order valence-electron chi connectivity index (χ1n) is 11.7. The van der Waals surface area contributed by atoms with Crippen LogP contribution in [0.3, 0.4) is 0 Å². The van der Waals surface area contributed by atoms with Crippen molar-refractivity contribution in [2.45, 2.75) is 19.3 Å². The molecule has 0 amide bonds. The summed E-state index contributed by atoms with van der Waals surface area (Å²) in [5.41, 5.74) is 0.398. The molecule has 0 saturated heterocycles. The Morgan fingerprint density at radius 2 is 0.946 bits per heavy atom. The van der Waals surface area contributed by atoms with Crippen molar-refractivity contribution in [3.8, 4) is 23.0 Å². The van der Waals surface area contributed by atoms with E-state index >= 15 is 0 Å². The minimum Gasteiger partial charge on any atom is -0.507 e. The van der Waals surface area contributed by atoms with Crippen LogP contribution in [-0.2, 0) is 5.41 Å². The molecule has 0 bridgehead atoms. The normalized spacial score (nSPS) is 11.1. The van der Waals surface area contributed by atoms with E-state index in [1.807, 2.05) is 0 Å². The van der Waals surface area contributed by atoms with Crippen molar-refractivity contribution in [2.75, 3.05) is 14.2 Å². The van der Waals surface area contributed by atoms with Gasteiger partial charge in [-0.3, -0.25) is 9.59 Å². The van der Waals surface area contributed by atoms with Crippen LogP contribution in [-0.4, -0.2) is 36.0 Å². The number of phenolic OH excluding ortho intramolecular Hbond substituents is 2. The van der Waals surface area contributed by atoms with Gasteiger partial charge in [-0.1, -0.05) is 74.5 Å². The Bertz CT molecular complexity index is 1350. The summed E-state index contributed by atoms with van der Waals surface area (Å²) in [6.07, 6.45) is 0. The molecule has 0 atom stereocenters. The van der Waals surface area contributed by atoms with E-state index < -0.39 is 5.41 Å². The lowest BCUT2D eigenvalue weighted by atomic mass is 9.74. The van der Waals surface area contributed by atoms with Crippen molar-refractivity contribution >= 4 is 11.6 Å². The average Bonchev–Trinajstić information content (AvgIpc) is 2.92. The predicted octanol–water partition coefficient (Wildman–Crippen LogP) is 5.90. The van der Waals surface area contributed by atoms with E-state index in [1.165, 1.54) is 26.4 Å². The molecule has 2 N–H and O–H groups in total. The third-order valence-electron chi connectivity index (χ3n) is 6.53. The van der Waals surface area contributed by atoms with Gasteiger partial charge in [0.05, 0.1) is 25.3 Å². The molecule has 4 aromatic carbocycles. The summed E-state index contributed by atoms with van der Waals surface area (Å²) in [6, 6.07) is 23.5. The number of rotatable bonds is 8. The molecule has 37 heavy (non-hydrogen) atoms. The van der Waals surface area contributed by atoms with Gasteiger partial charge >= 0.3 is 0 Å². The predicted molar refractivity (Wildman–Crippen MR) is 141 cm³/mol. The van der Waals surface area contributed by atoms with E-state index in [0.29, 0.717) is 22.6 Å². The van der Waals surface area contributed by atoms with Gasteiger partial charge in [-0.05, 0) is 24.3 Å². The maximum absolute atomic E-state index is 13.3. The lowest BCUT2D eigenvalue weighted by Gasteiger charge is -2.31. The maximum Gasteiger partial charge on any atom is 0.196 e. The Kier molecular flexibility index (Phi) is 7.02. The molecule has 0 fully saturated rings. The zero-order valence-corrected chi connectivity index (χ0v) is 21.1. The lowest BCUT2D eigenvalue weighted by Crippen LogP contribution is -2.23. The van der Waals surface area contributed by atoms with Gasteiger partial charge in [-0.15, -0.1) is 0 Å². The van der Waals surface area contributed by atoms with Crippen molar-refractivity contribution in [3.05, 3.63) is 118 Å². The Balaban J connectivity index is 1.93. The van der Waals surface area contributed by atoms with E-state index in [9.17, 15) is 19.8 Å². The number of phenols is 2. The zero-order valence-electron chi connectivity index (χ0n) is 21.1. The second-order valence-electron chi connectivity index (χ2n) is 9.09. The summed E-state index contributed by atoms with van der Waals surface area (Å²) in [5.74, 6) is -0.649. The highest BCUT2D eigenvalue weighted by Gasteiger charge is 2.38. The van der Waals surface area contributed by atoms with Gasteiger partial charge in [-0.25, -0.2) is 0 Å². The molecule has 0 aromatic heterocycles. The molecule has 0 radical (unpaired) electrons. The minimum absolute atomic E-state index is 0.0880. The van der Waals surface area contributed by atoms with E-state index in [-0.39, 0.29) is 45.3 Å². The molecule has 0 unspecified atom stereocenters. The summed E-state index contributed by atoms with van der Waals surface area (Å²) in [6.45, 7) is 3.52. The molecule has 0 aliphatic carbocycles. The quantitative estimate of drug-likeness (QED) is 0.295. The van der Waals surface area contributed by atoms with Crippen LogP contribution < -0.4 is 9.47 Å². The van der Waals surface area contributed by atoms with Crippen molar-refractivity contribution in [2.24, 2.45) is 0 Å². The molecule has 6 nitrogen and oxygen atoms in total. The first-order chi connectivity index (χ1) is 17.7. The van der Waals surface area contributed by atoms with E-state index in [1.54, 1.807) is 86.6 Å². The second-order valence-corrected chi connectivity index (χ2v) is 9.09. The Morgan fingerprint density at radius 3 is 1.27 bits per heavy atom. The number of benzene rings is 4. The van der Waals surface area contributed by atoms with Crippen LogP contribution >= 0.6 is 0 Å². The van der Waals surface area contributed by atoms with Crippen LogP contribution in [0.1, 0.15) is 56.8 Å². The molecule has 0 spiro atoms. The van der Waals surface area contributed by atoms with Gasteiger partial charge < -0.3 is 19.7 Å². The number of aromatic hydroxyl groups is 2. The van der Waals surface area contributed by atoms with Crippen LogP contribution in [0.5, 0.6) is 23.0 Å². The SMILES string of the molecule is COc1ccc(C(=O)c2ccccc2)c(O)c1C(C)(C)c1c(OC)ccc(C(=O)c2ccccc2)c1O. The van der Waals surface area contributed by atoms with E-state index in [2.05, 4.69) is 0 Å². The molecule has 6 heteroatoms. The van der Waals surface area contributed by atoms with Gasteiger partial charge in [0.15, 0.2) is 11.6 Å². The first kappa shape index (κ1) is 25.5. The fourth-order valence-corrected chi connectivity index (χ4v) is 4.68. The van der Waals surface area contributed by atoms with Gasteiger partial charge in [0.2, 0.25) is 0 Å². The number of ether oxygens (including phenoxy) is 2. The molecule has 4 aromatic rings. The van der Waals surface area contributed by atoms with Gasteiger partial charge in [0, 0.05) is 27.7 Å². The second kappa shape index (κ2) is 10.2. The largest absolute Gasteiger partial charge is 0.507 e. The van der Waals surface area contributed by atoms with E-state index in [0.717, 1.165) is 0 Å². The van der Waals surface area contributed by atoms with Crippen LogP contribution in [0, 0.1) is 0 Å². The molecular weight excluding hydrogens is 468 g/mol. The topological polar surface area (TPSA) is 93.1 Å². The summed E-state index contributed by atoms with van der Waals surface area (Å²) >= 11 is 0. The summed E-state index contributed by atoms with van der Waals surface area (Å²) in [7, 11) is 2.92. The summed E-state index contributed by atoms with van der Waals surface area (Å²) in [4.78, 5) is 26.5. The molecule has 188 valence electrons. The highest BCUT2D eigenvalue weighted by atomic mass is 16.5. The van der Waals surface area contributed by atoms with Crippen LogP contribution in [0.15, 0.2) is 84.9 Å². The van der Waals surface area contributed by atoms with Crippen molar-refractivity contribution < 1.29 is 29.3 Å². The van der Waals surface area contributed by atoms with Crippen LogP contribution in [0.25, 0.3) is 0 Å². The minimum atomic E-state index is -1.16. The maximum atomic E-state index is 13.3.